The number of carbonyl (C=O) groups excluding carboxylic acids is 1. The number of hydrogen-bond acceptors (Lipinski definition) is 5. The number of nitrogens with zero attached hydrogens (tertiary/aromatic N) is 6. The third kappa shape index (κ3) is 4.50. The quantitative estimate of drug-likeness (QED) is 0.688. The molecule has 0 fully saturated rings. The van der Waals surface area contributed by atoms with E-state index in [1.807, 2.05) is 41.0 Å². The molecule has 2 heterocycles. The molecule has 1 N–H and O–H groups in total. The fourth-order valence-corrected chi connectivity index (χ4v) is 2.60. The first-order valence-electron chi connectivity index (χ1n) is 8.55. The Kier molecular flexibility index (Phi) is 5.82. The number of methoxy groups -OCH3 is 1. The molecule has 0 aliphatic heterocycles. The number of urea groups is 1. The van der Waals surface area contributed by atoms with E-state index in [2.05, 4.69) is 20.6 Å². The van der Waals surface area contributed by atoms with Crippen LogP contribution in [0.3, 0.4) is 0 Å². The van der Waals surface area contributed by atoms with Crippen LogP contribution in [-0.4, -0.2) is 56.2 Å². The molecule has 0 spiro atoms. The molecule has 0 saturated carbocycles. The summed E-state index contributed by atoms with van der Waals surface area (Å²) >= 11 is 0. The molecule has 3 rings (SSSR count). The van der Waals surface area contributed by atoms with Gasteiger partial charge in [0.2, 0.25) is 0 Å². The summed E-state index contributed by atoms with van der Waals surface area (Å²) in [5.74, 6) is 1.31. The average molecular weight is 369 g/mol. The Morgan fingerprint density at radius 1 is 1.30 bits per heavy atom. The molecule has 9 heteroatoms. The highest BCUT2D eigenvalue weighted by Crippen LogP contribution is 2.21. The topological polar surface area (TPSA) is 90.1 Å². The first-order valence-corrected chi connectivity index (χ1v) is 8.55. The Balaban J connectivity index is 1.65. The number of ether oxygens (including phenoxy) is 1. The number of benzene rings is 1. The molecule has 1 aromatic carbocycles. The lowest BCUT2D eigenvalue weighted by Crippen LogP contribution is -2.32. The van der Waals surface area contributed by atoms with Gasteiger partial charge < -0.3 is 14.2 Å². The van der Waals surface area contributed by atoms with Crippen molar-refractivity contribution in [3.8, 4) is 11.3 Å². The Morgan fingerprint density at radius 2 is 2.07 bits per heavy atom. The van der Waals surface area contributed by atoms with Crippen molar-refractivity contribution in [1.82, 2.24) is 29.4 Å². The van der Waals surface area contributed by atoms with Crippen LogP contribution in [0.1, 0.15) is 5.82 Å². The van der Waals surface area contributed by atoms with E-state index in [0.717, 1.165) is 11.3 Å². The van der Waals surface area contributed by atoms with Gasteiger partial charge in [0.25, 0.3) is 0 Å². The molecule has 142 valence electrons. The highest BCUT2D eigenvalue weighted by atomic mass is 16.5. The molecule has 0 radical (unpaired) electrons. The molecule has 0 atom stereocenters. The van der Waals surface area contributed by atoms with Crippen molar-refractivity contribution in [3.63, 3.8) is 0 Å². The Morgan fingerprint density at radius 3 is 2.81 bits per heavy atom. The largest absolute Gasteiger partial charge is 0.383 e. The lowest BCUT2D eigenvalue weighted by molar-refractivity contribution is 0.184. The molecule has 0 aliphatic rings. The minimum atomic E-state index is -0.251. The summed E-state index contributed by atoms with van der Waals surface area (Å²) in [6, 6.07) is 11.4. The van der Waals surface area contributed by atoms with Crippen molar-refractivity contribution < 1.29 is 9.53 Å². The zero-order valence-corrected chi connectivity index (χ0v) is 15.7. The maximum absolute atomic E-state index is 12.6. The standard InChI is InChI=1S/C18H23N7O2/c1-23(12-17-21-19-13-25(17)9-10-27-3)18(26)20-16-11-15(22-24(16)2)14-7-5-4-6-8-14/h4-8,11,13H,9-10,12H2,1-3H3,(H,20,26). The molecular weight excluding hydrogens is 346 g/mol. The molecular formula is C18H23N7O2. The van der Waals surface area contributed by atoms with Crippen molar-refractivity contribution in [3.05, 3.63) is 48.5 Å². The van der Waals surface area contributed by atoms with Crippen LogP contribution >= 0.6 is 0 Å². The van der Waals surface area contributed by atoms with E-state index in [-0.39, 0.29) is 6.03 Å². The number of amides is 2. The highest BCUT2D eigenvalue weighted by molar-refractivity contribution is 5.88. The van der Waals surface area contributed by atoms with E-state index < -0.39 is 0 Å². The number of anilines is 1. The van der Waals surface area contributed by atoms with Crippen molar-refractivity contribution in [1.29, 1.82) is 0 Å². The SMILES string of the molecule is COCCn1cnnc1CN(C)C(=O)Nc1cc(-c2ccccc2)nn1C. The van der Waals surface area contributed by atoms with E-state index in [1.54, 1.807) is 37.1 Å². The van der Waals surface area contributed by atoms with Gasteiger partial charge >= 0.3 is 6.03 Å². The zero-order valence-electron chi connectivity index (χ0n) is 15.7. The van der Waals surface area contributed by atoms with Crippen LogP contribution in [0.25, 0.3) is 11.3 Å². The Hall–Kier alpha value is -3.20. The molecule has 27 heavy (non-hydrogen) atoms. The number of rotatable bonds is 7. The molecule has 0 bridgehead atoms. The average Bonchev–Trinajstić information content (AvgIpc) is 3.27. The van der Waals surface area contributed by atoms with Gasteiger partial charge in [-0.1, -0.05) is 30.3 Å². The van der Waals surface area contributed by atoms with Crippen LogP contribution in [0.2, 0.25) is 0 Å². The molecule has 0 saturated heterocycles. The number of nitrogens with one attached hydrogen (secondary N) is 1. The first-order chi connectivity index (χ1) is 13.1. The monoisotopic (exact) mass is 369 g/mol. The van der Waals surface area contributed by atoms with Gasteiger partial charge in [-0.2, -0.15) is 5.10 Å². The van der Waals surface area contributed by atoms with E-state index in [0.29, 0.717) is 31.3 Å². The van der Waals surface area contributed by atoms with Crippen LogP contribution in [-0.2, 0) is 24.9 Å². The van der Waals surface area contributed by atoms with Gasteiger partial charge in [-0.05, 0) is 0 Å². The predicted molar refractivity (Wildman–Crippen MR) is 101 cm³/mol. The maximum atomic E-state index is 12.6. The van der Waals surface area contributed by atoms with Crippen molar-refractivity contribution >= 4 is 11.8 Å². The molecule has 3 aromatic rings. The molecule has 9 nitrogen and oxygen atoms in total. The van der Waals surface area contributed by atoms with Gasteiger partial charge in [-0.15, -0.1) is 10.2 Å². The van der Waals surface area contributed by atoms with Crippen LogP contribution in [0.5, 0.6) is 0 Å². The minimum Gasteiger partial charge on any atom is -0.383 e. The van der Waals surface area contributed by atoms with Gasteiger partial charge in [0.15, 0.2) is 5.82 Å². The molecule has 2 aromatic heterocycles. The van der Waals surface area contributed by atoms with E-state index >= 15 is 0 Å². The summed E-state index contributed by atoms with van der Waals surface area (Å²) in [6.07, 6.45) is 1.63. The number of aromatic nitrogens is 5. The maximum Gasteiger partial charge on any atom is 0.323 e. The fraction of sp³-hybridized carbons (Fsp3) is 0.333. The molecule has 0 aliphatic carbocycles. The third-order valence-electron chi connectivity index (χ3n) is 4.14. The normalized spacial score (nSPS) is 10.8. The van der Waals surface area contributed by atoms with Gasteiger partial charge in [0, 0.05) is 39.4 Å². The van der Waals surface area contributed by atoms with Crippen LogP contribution in [0.15, 0.2) is 42.7 Å². The van der Waals surface area contributed by atoms with Crippen molar-refractivity contribution in [2.75, 3.05) is 26.1 Å². The fourth-order valence-electron chi connectivity index (χ4n) is 2.60. The summed E-state index contributed by atoms with van der Waals surface area (Å²) < 4.78 is 8.59. The number of aryl methyl sites for hydroxylation is 1. The van der Waals surface area contributed by atoms with Gasteiger partial charge in [0.05, 0.1) is 18.8 Å². The van der Waals surface area contributed by atoms with Crippen molar-refractivity contribution in [2.45, 2.75) is 13.1 Å². The Bertz CT molecular complexity index is 888. The van der Waals surface area contributed by atoms with Crippen LogP contribution < -0.4 is 5.32 Å². The smallest absolute Gasteiger partial charge is 0.323 e. The van der Waals surface area contributed by atoms with Crippen LogP contribution in [0, 0.1) is 0 Å². The predicted octanol–water partition coefficient (Wildman–Crippen LogP) is 1.99. The lowest BCUT2D eigenvalue weighted by Gasteiger charge is -2.17. The number of hydrogen-bond donors (Lipinski definition) is 1. The van der Waals surface area contributed by atoms with Crippen molar-refractivity contribution in [2.24, 2.45) is 7.05 Å². The first kappa shape index (κ1) is 18.6. The molecule has 2 amide bonds. The summed E-state index contributed by atoms with van der Waals surface area (Å²) in [7, 11) is 5.14. The van der Waals surface area contributed by atoms with E-state index in [9.17, 15) is 4.79 Å². The van der Waals surface area contributed by atoms with Gasteiger partial charge in [-0.25, -0.2) is 4.79 Å². The zero-order chi connectivity index (χ0) is 19.2. The summed E-state index contributed by atoms with van der Waals surface area (Å²) in [4.78, 5) is 14.1. The third-order valence-corrected chi connectivity index (χ3v) is 4.14. The minimum absolute atomic E-state index is 0.251. The van der Waals surface area contributed by atoms with Gasteiger partial charge in [0.1, 0.15) is 12.1 Å². The second-order valence-electron chi connectivity index (χ2n) is 6.12. The van der Waals surface area contributed by atoms with E-state index in [4.69, 9.17) is 4.74 Å². The highest BCUT2D eigenvalue weighted by Gasteiger charge is 2.16. The van der Waals surface area contributed by atoms with Crippen LogP contribution in [0.4, 0.5) is 10.6 Å². The second kappa shape index (κ2) is 8.45. The molecule has 0 unspecified atom stereocenters. The summed E-state index contributed by atoms with van der Waals surface area (Å²) in [6.45, 7) is 1.52. The van der Waals surface area contributed by atoms with Gasteiger partial charge in [-0.3, -0.25) is 10.00 Å². The second-order valence-corrected chi connectivity index (χ2v) is 6.12. The number of carbonyl (C=O) groups is 1. The summed E-state index contributed by atoms with van der Waals surface area (Å²) in [5, 5.41) is 15.3. The summed E-state index contributed by atoms with van der Waals surface area (Å²) in [5.41, 5.74) is 1.79. The lowest BCUT2D eigenvalue weighted by atomic mass is 10.2. The van der Waals surface area contributed by atoms with E-state index in [1.165, 1.54) is 0 Å². The Labute approximate surface area is 157 Å².